The molecule has 0 aromatic rings. The molecule has 0 aromatic carbocycles. The predicted octanol–water partition coefficient (Wildman–Crippen LogP) is 1.42. The van der Waals surface area contributed by atoms with Gasteiger partial charge in [0.05, 0.1) is 6.04 Å². The number of hydrogen-bond acceptors (Lipinski definition) is 2. The fourth-order valence-electron chi connectivity index (χ4n) is 1.49. The van der Waals surface area contributed by atoms with Gasteiger partial charge < -0.3 is 11.1 Å². The molecule has 1 aliphatic carbocycles. The van der Waals surface area contributed by atoms with Crippen LogP contribution in [-0.4, -0.2) is 18.5 Å². The van der Waals surface area contributed by atoms with E-state index in [1.165, 1.54) is 12.8 Å². The average molecular weight is 198 g/mol. The van der Waals surface area contributed by atoms with Crippen LogP contribution in [0.2, 0.25) is 0 Å². The molecule has 1 rings (SSSR count). The zero-order chi connectivity index (χ0) is 10.4. The standard InChI is InChI=1S/C11H22N2O/c1-2-3-4-10(12)11(14)13-8-7-9-5-6-9/h9-10H,2-8,12H2,1H3,(H,13,14)/t10-/m0/s1. The third-order valence-electron chi connectivity index (χ3n) is 2.75. The van der Waals surface area contributed by atoms with Gasteiger partial charge in [0.2, 0.25) is 5.91 Å². The molecule has 1 fully saturated rings. The minimum absolute atomic E-state index is 0.0269. The Morgan fingerprint density at radius 2 is 2.29 bits per heavy atom. The van der Waals surface area contributed by atoms with Gasteiger partial charge in [-0.25, -0.2) is 0 Å². The molecule has 1 amide bonds. The van der Waals surface area contributed by atoms with Crippen LogP contribution in [-0.2, 0) is 4.79 Å². The number of nitrogens with one attached hydrogen (secondary N) is 1. The van der Waals surface area contributed by atoms with Crippen LogP contribution in [0.25, 0.3) is 0 Å². The van der Waals surface area contributed by atoms with Gasteiger partial charge in [-0.05, 0) is 18.8 Å². The monoisotopic (exact) mass is 198 g/mol. The van der Waals surface area contributed by atoms with E-state index in [4.69, 9.17) is 5.73 Å². The fourth-order valence-corrected chi connectivity index (χ4v) is 1.49. The summed E-state index contributed by atoms with van der Waals surface area (Å²) in [4.78, 5) is 11.4. The molecule has 0 aliphatic heterocycles. The predicted molar refractivity (Wildman–Crippen MR) is 57.9 cm³/mol. The number of rotatable bonds is 7. The highest BCUT2D eigenvalue weighted by atomic mass is 16.2. The summed E-state index contributed by atoms with van der Waals surface area (Å²) in [6.45, 7) is 2.92. The van der Waals surface area contributed by atoms with Gasteiger partial charge in [-0.3, -0.25) is 4.79 Å². The van der Waals surface area contributed by atoms with Gasteiger partial charge in [-0.1, -0.05) is 32.6 Å². The Morgan fingerprint density at radius 1 is 1.57 bits per heavy atom. The normalized spacial score (nSPS) is 17.9. The summed E-state index contributed by atoms with van der Waals surface area (Å²) in [5.74, 6) is 0.904. The molecule has 0 spiro atoms. The van der Waals surface area contributed by atoms with Crippen LogP contribution < -0.4 is 11.1 Å². The smallest absolute Gasteiger partial charge is 0.236 e. The maximum atomic E-state index is 11.4. The number of carbonyl (C=O) groups excluding carboxylic acids is 1. The lowest BCUT2D eigenvalue weighted by molar-refractivity contribution is -0.122. The van der Waals surface area contributed by atoms with Crippen molar-refractivity contribution in [2.45, 2.75) is 51.5 Å². The second-order valence-electron chi connectivity index (χ2n) is 4.27. The Morgan fingerprint density at radius 3 is 2.86 bits per heavy atom. The van der Waals surface area contributed by atoms with Gasteiger partial charge in [-0.2, -0.15) is 0 Å². The van der Waals surface area contributed by atoms with Crippen LogP contribution >= 0.6 is 0 Å². The summed E-state index contributed by atoms with van der Waals surface area (Å²) < 4.78 is 0. The molecule has 0 radical (unpaired) electrons. The molecule has 82 valence electrons. The maximum Gasteiger partial charge on any atom is 0.236 e. The van der Waals surface area contributed by atoms with Crippen LogP contribution in [0.4, 0.5) is 0 Å². The van der Waals surface area contributed by atoms with Crippen molar-refractivity contribution < 1.29 is 4.79 Å². The lowest BCUT2D eigenvalue weighted by atomic mass is 10.1. The van der Waals surface area contributed by atoms with E-state index in [1.807, 2.05) is 0 Å². The van der Waals surface area contributed by atoms with Gasteiger partial charge in [0, 0.05) is 6.54 Å². The molecule has 1 saturated carbocycles. The first kappa shape index (κ1) is 11.5. The SMILES string of the molecule is CCCC[C@H](N)C(=O)NCCC1CC1. The first-order chi connectivity index (χ1) is 6.74. The van der Waals surface area contributed by atoms with Crippen molar-refractivity contribution in [2.75, 3.05) is 6.54 Å². The fraction of sp³-hybridized carbons (Fsp3) is 0.909. The van der Waals surface area contributed by atoms with Gasteiger partial charge in [-0.15, -0.1) is 0 Å². The minimum Gasteiger partial charge on any atom is -0.355 e. The Hall–Kier alpha value is -0.570. The van der Waals surface area contributed by atoms with Gasteiger partial charge in [0.1, 0.15) is 0 Å². The van der Waals surface area contributed by atoms with Crippen molar-refractivity contribution in [2.24, 2.45) is 11.7 Å². The number of carbonyl (C=O) groups is 1. The Kier molecular flexibility index (Phi) is 4.94. The van der Waals surface area contributed by atoms with Crippen LogP contribution in [0.5, 0.6) is 0 Å². The molecule has 0 bridgehead atoms. The molecule has 0 aromatic heterocycles. The number of amides is 1. The van der Waals surface area contributed by atoms with E-state index in [0.29, 0.717) is 0 Å². The lowest BCUT2D eigenvalue weighted by Gasteiger charge is -2.11. The van der Waals surface area contributed by atoms with Crippen molar-refractivity contribution in [1.82, 2.24) is 5.32 Å². The highest BCUT2D eigenvalue weighted by molar-refractivity contribution is 5.81. The Balaban J connectivity index is 2.00. The largest absolute Gasteiger partial charge is 0.355 e. The third kappa shape index (κ3) is 4.61. The maximum absolute atomic E-state index is 11.4. The minimum atomic E-state index is -0.297. The molecule has 0 unspecified atom stereocenters. The van der Waals surface area contributed by atoms with E-state index in [0.717, 1.165) is 38.1 Å². The molecule has 1 atom stereocenters. The van der Waals surface area contributed by atoms with Gasteiger partial charge in [0.15, 0.2) is 0 Å². The summed E-state index contributed by atoms with van der Waals surface area (Å²) >= 11 is 0. The van der Waals surface area contributed by atoms with Crippen molar-refractivity contribution in [1.29, 1.82) is 0 Å². The first-order valence-electron chi connectivity index (χ1n) is 5.77. The van der Waals surface area contributed by atoms with Crippen LogP contribution in [0.3, 0.4) is 0 Å². The summed E-state index contributed by atoms with van der Waals surface area (Å²) in [7, 11) is 0. The van der Waals surface area contributed by atoms with Crippen LogP contribution in [0.15, 0.2) is 0 Å². The van der Waals surface area contributed by atoms with Crippen molar-refractivity contribution in [3.05, 3.63) is 0 Å². The third-order valence-corrected chi connectivity index (χ3v) is 2.75. The highest BCUT2D eigenvalue weighted by Gasteiger charge is 2.21. The van der Waals surface area contributed by atoms with Gasteiger partial charge in [0.25, 0.3) is 0 Å². The van der Waals surface area contributed by atoms with E-state index in [1.54, 1.807) is 0 Å². The van der Waals surface area contributed by atoms with Crippen molar-refractivity contribution in [3.8, 4) is 0 Å². The summed E-state index contributed by atoms with van der Waals surface area (Å²) in [5, 5.41) is 2.90. The van der Waals surface area contributed by atoms with Gasteiger partial charge >= 0.3 is 0 Å². The Bertz CT molecular complexity index is 178. The van der Waals surface area contributed by atoms with Crippen LogP contribution in [0.1, 0.15) is 45.4 Å². The molecule has 0 saturated heterocycles. The molecular weight excluding hydrogens is 176 g/mol. The van der Waals surface area contributed by atoms with E-state index in [-0.39, 0.29) is 11.9 Å². The second kappa shape index (κ2) is 6.02. The van der Waals surface area contributed by atoms with Crippen molar-refractivity contribution in [3.63, 3.8) is 0 Å². The molecule has 0 heterocycles. The first-order valence-corrected chi connectivity index (χ1v) is 5.77. The summed E-state index contributed by atoms with van der Waals surface area (Å²) in [5.41, 5.74) is 5.72. The highest BCUT2D eigenvalue weighted by Crippen LogP contribution is 2.31. The second-order valence-corrected chi connectivity index (χ2v) is 4.27. The molecule has 3 N–H and O–H groups in total. The average Bonchev–Trinajstić information content (AvgIpc) is 2.97. The van der Waals surface area contributed by atoms with E-state index < -0.39 is 0 Å². The lowest BCUT2D eigenvalue weighted by Crippen LogP contribution is -2.40. The quantitative estimate of drug-likeness (QED) is 0.650. The summed E-state index contributed by atoms with van der Waals surface area (Å²) in [6, 6.07) is -0.297. The molecule has 3 nitrogen and oxygen atoms in total. The summed E-state index contributed by atoms with van der Waals surface area (Å²) in [6.07, 6.45) is 6.77. The zero-order valence-electron chi connectivity index (χ0n) is 9.09. The molecule has 1 aliphatic rings. The number of hydrogen-bond donors (Lipinski definition) is 2. The molecule has 3 heteroatoms. The number of unbranched alkanes of at least 4 members (excludes halogenated alkanes) is 1. The number of nitrogens with two attached hydrogens (primary N) is 1. The van der Waals surface area contributed by atoms with Crippen molar-refractivity contribution >= 4 is 5.91 Å². The van der Waals surface area contributed by atoms with E-state index >= 15 is 0 Å². The zero-order valence-corrected chi connectivity index (χ0v) is 9.09. The van der Waals surface area contributed by atoms with Crippen LogP contribution in [0, 0.1) is 5.92 Å². The Labute approximate surface area is 86.4 Å². The van der Waals surface area contributed by atoms with E-state index in [2.05, 4.69) is 12.2 Å². The van der Waals surface area contributed by atoms with E-state index in [9.17, 15) is 4.79 Å². The molecule has 14 heavy (non-hydrogen) atoms. The molecular formula is C11H22N2O. The topological polar surface area (TPSA) is 55.1 Å².